The van der Waals surface area contributed by atoms with Crippen LogP contribution >= 0.6 is 12.2 Å². The van der Waals surface area contributed by atoms with Gasteiger partial charge in [0.2, 0.25) is 0 Å². The van der Waals surface area contributed by atoms with E-state index in [1.165, 1.54) is 12.3 Å². The third kappa shape index (κ3) is 3.35. The van der Waals surface area contributed by atoms with Crippen LogP contribution in [0.4, 0.5) is 8.78 Å². The first-order chi connectivity index (χ1) is 13.4. The van der Waals surface area contributed by atoms with E-state index in [4.69, 9.17) is 18.0 Å². The topological polar surface area (TPSA) is 76.7 Å². The maximum atomic E-state index is 14.0. The number of fused-ring (bicyclic) bond motifs is 1. The second kappa shape index (κ2) is 7.27. The second-order valence-corrected chi connectivity index (χ2v) is 7.32. The highest BCUT2D eigenvalue weighted by Gasteiger charge is 2.25. The molecule has 3 N–H and O–H groups in total. The first kappa shape index (κ1) is 18.5. The summed E-state index contributed by atoms with van der Waals surface area (Å²) >= 11 is 5.46. The van der Waals surface area contributed by atoms with Gasteiger partial charge >= 0.3 is 0 Å². The van der Waals surface area contributed by atoms with Crippen molar-refractivity contribution in [3.05, 3.63) is 81.1 Å². The molecule has 0 saturated carbocycles. The average Bonchev–Trinajstić information content (AvgIpc) is 3.01. The fraction of sp³-hybridized carbons (Fsp3) is 0.250. The van der Waals surface area contributed by atoms with Gasteiger partial charge in [0.05, 0.1) is 0 Å². The molecule has 0 saturated heterocycles. The van der Waals surface area contributed by atoms with E-state index in [-0.39, 0.29) is 11.7 Å². The van der Waals surface area contributed by atoms with Crippen LogP contribution < -0.4 is 5.73 Å². The number of pyridine rings is 1. The lowest BCUT2D eigenvalue weighted by Crippen LogP contribution is -2.22. The number of nitrogens with two attached hydrogens (primary N) is 1. The highest BCUT2D eigenvalue weighted by Crippen LogP contribution is 2.32. The number of carbonyl (C=O) groups excluding carboxylic acids is 1. The Kier molecular flexibility index (Phi) is 4.80. The molecule has 2 aromatic heterocycles. The normalized spacial score (nSPS) is 16.0. The van der Waals surface area contributed by atoms with Gasteiger partial charge in [-0.3, -0.25) is 9.78 Å². The third-order valence-electron chi connectivity index (χ3n) is 5.19. The van der Waals surface area contributed by atoms with Crippen LogP contribution in [0.5, 0.6) is 0 Å². The second-order valence-electron chi connectivity index (χ2n) is 6.93. The Morgan fingerprint density at radius 1 is 1.39 bits per heavy atom. The zero-order valence-corrected chi connectivity index (χ0v) is 15.7. The van der Waals surface area contributed by atoms with Crippen LogP contribution in [0.3, 0.4) is 0 Å². The summed E-state index contributed by atoms with van der Waals surface area (Å²) in [4.78, 5) is 18.8. The zero-order chi connectivity index (χ0) is 19.8. The molecule has 144 valence electrons. The van der Waals surface area contributed by atoms with Gasteiger partial charge in [0.25, 0.3) is 5.91 Å². The molecule has 3 aromatic rings. The first-order valence-electron chi connectivity index (χ1n) is 8.93. The lowest BCUT2D eigenvalue weighted by Gasteiger charge is -2.27. The van der Waals surface area contributed by atoms with Gasteiger partial charge in [0, 0.05) is 36.6 Å². The fourth-order valence-corrected chi connectivity index (χ4v) is 4.28. The quantitative estimate of drug-likeness (QED) is 0.657. The molecule has 28 heavy (non-hydrogen) atoms. The molecule has 5 nitrogen and oxygen atoms in total. The molecule has 0 aliphatic heterocycles. The van der Waals surface area contributed by atoms with E-state index in [1.807, 2.05) is 4.57 Å². The number of primary amides is 1. The maximum absolute atomic E-state index is 14.0. The van der Waals surface area contributed by atoms with Crippen LogP contribution in [0.1, 0.15) is 45.3 Å². The van der Waals surface area contributed by atoms with Crippen LogP contribution in [0.15, 0.2) is 36.7 Å². The van der Waals surface area contributed by atoms with Gasteiger partial charge < -0.3 is 15.3 Å². The van der Waals surface area contributed by atoms with Gasteiger partial charge in [0.1, 0.15) is 17.3 Å². The van der Waals surface area contributed by atoms with Crippen molar-refractivity contribution in [2.75, 3.05) is 0 Å². The highest BCUT2D eigenvalue weighted by atomic mass is 32.1. The number of hydrogen-bond donors (Lipinski definition) is 2. The summed E-state index contributed by atoms with van der Waals surface area (Å²) in [7, 11) is 0. The summed E-state index contributed by atoms with van der Waals surface area (Å²) in [6.07, 6.45) is 5.41. The number of imidazole rings is 1. The predicted molar refractivity (Wildman–Crippen MR) is 103 cm³/mol. The summed E-state index contributed by atoms with van der Waals surface area (Å²) in [6.45, 7) is 0. The third-order valence-corrected chi connectivity index (χ3v) is 5.50. The molecule has 0 fully saturated rings. The van der Waals surface area contributed by atoms with Crippen LogP contribution in [-0.4, -0.2) is 20.4 Å². The number of H-pyrrole nitrogens is 1. The summed E-state index contributed by atoms with van der Waals surface area (Å²) in [5, 5.41) is 0. The van der Waals surface area contributed by atoms with Crippen molar-refractivity contribution in [3.8, 4) is 0 Å². The summed E-state index contributed by atoms with van der Waals surface area (Å²) in [6, 6.07) is 5.84. The van der Waals surface area contributed by atoms with Crippen LogP contribution in [0.25, 0.3) is 0 Å². The van der Waals surface area contributed by atoms with Crippen molar-refractivity contribution < 1.29 is 13.6 Å². The SMILES string of the molecule is NC(=O)c1ncccc1Cc1c[nH]c(=S)n1C1CCc2c(F)cc(F)cc2C1. The number of carbonyl (C=O) groups is 1. The molecule has 1 unspecified atom stereocenters. The number of nitrogens with zero attached hydrogens (tertiary/aromatic N) is 2. The molecule has 1 amide bonds. The van der Waals surface area contributed by atoms with Crippen LogP contribution in [0.2, 0.25) is 0 Å². The van der Waals surface area contributed by atoms with Crippen LogP contribution in [0, 0.1) is 16.4 Å². The summed E-state index contributed by atoms with van der Waals surface area (Å²) < 4.78 is 30.2. The maximum Gasteiger partial charge on any atom is 0.267 e. The minimum absolute atomic E-state index is 0.0313. The summed E-state index contributed by atoms with van der Waals surface area (Å²) in [5.41, 5.74) is 8.46. The van der Waals surface area contributed by atoms with Crippen molar-refractivity contribution in [1.29, 1.82) is 0 Å². The van der Waals surface area contributed by atoms with Crippen molar-refractivity contribution in [3.63, 3.8) is 0 Å². The molecule has 8 heteroatoms. The average molecular weight is 400 g/mol. The van der Waals surface area contributed by atoms with E-state index < -0.39 is 17.5 Å². The van der Waals surface area contributed by atoms with E-state index in [9.17, 15) is 13.6 Å². The first-order valence-corrected chi connectivity index (χ1v) is 9.34. The van der Waals surface area contributed by atoms with E-state index in [0.717, 1.165) is 11.8 Å². The minimum atomic E-state index is -0.589. The Morgan fingerprint density at radius 3 is 3.00 bits per heavy atom. The molecule has 0 spiro atoms. The highest BCUT2D eigenvalue weighted by molar-refractivity contribution is 7.71. The predicted octanol–water partition coefficient (Wildman–Crippen LogP) is 3.64. The molecule has 0 radical (unpaired) electrons. The van der Waals surface area contributed by atoms with Crippen molar-refractivity contribution in [2.45, 2.75) is 31.7 Å². The summed E-state index contributed by atoms with van der Waals surface area (Å²) in [5.74, 6) is -1.65. The van der Waals surface area contributed by atoms with Gasteiger partial charge in [-0.25, -0.2) is 8.78 Å². The molecule has 0 bridgehead atoms. The van der Waals surface area contributed by atoms with Crippen LogP contribution in [-0.2, 0) is 19.3 Å². The number of benzene rings is 1. The molecular weight excluding hydrogens is 382 g/mol. The number of aromatic nitrogens is 3. The van der Waals surface area contributed by atoms with E-state index in [1.54, 1.807) is 18.3 Å². The van der Waals surface area contributed by atoms with Crippen molar-refractivity contribution in [2.24, 2.45) is 5.73 Å². The molecule has 1 aliphatic carbocycles. The largest absolute Gasteiger partial charge is 0.364 e. The number of rotatable bonds is 4. The van der Waals surface area contributed by atoms with E-state index in [2.05, 4.69) is 9.97 Å². The lowest BCUT2D eigenvalue weighted by molar-refractivity contribution is 0.0994. The number of halogens is 2. The van der Waals surface area contributed by atoms with Crippen molar-refractivity contribution >= 4 is 18.1 Å². The Hall–Kier alpha value is -2.87. The Labute approximate surface area is 165 Å². The molecule has 1 aliphatic rings. The molecule has 2 heterocycles. The molecule has 1 atom stereocenters. The number of hydrogen-bond acceptors (Lipinski definition) is 3. The Bertz CT molecular complexity index is 1120. The number of aromatic amines is 1. The molecule has 1 aromatic carbocycles. The van der Waals surface area contributed by atoms with E-state index >= 15 is 0 Å². The van der Waals surface area contributed by atoms with Gasteiger partial charge in [-0.1, -0.05) is 6.07 Å². The monoisotopic (exact) mass is 400 g/mol. The number of nitrogens with one attached hydrogen (secondary N) is 1. The van der Waals surface area contributed by atoms with Gasteiger partial charge in [-0.2, -0.15) is 0 Å². The van der Waals surface area contributed by atoms with Gasteiger partial charge in [-0.05, 0) is 60.3 Å². The van der Waals surface area contributed by atoms with Gasteiger partial charge in [0.15, 0.2) is 4.77 Å². The number of amides is 1. The lowest BCUT2D eigenvalue weighted by atomic mass is 9.87. The van der Waals surface area contributed by atoms with Gasteiger partial charge in [-0.15, -0.1) is 0 Å². The van der Waals surface area contributed by atoms with Crippen molar-refractivity contribution in [1.82, 2.24) is 14.5 Å². The fourth-order valence-electron chi connectivity index (χ4n) is 3.96. The Morgan fingerprint density at radius 2 is 2.21 bits per heavy atom. The smallest absolute Gasteiger partial charge is 0.267 e. The van der Waals surface area contributed by atoms with E-state index in [0.29, 0.717) is 47.1 Å². The minimum Gasteiger partial charge on any atom is -0.364 e. The molecule has 4 rings (SSSR count). The Balaban J connectivity index is 1.69. The molecular formula is C20H18F2N4OS. The zero-order valence-electron chi connectivity index (χ0n) is 14.9. The standard InChI is InChI=1S/C20H18F2N4OS/c21-13-6-12-8-14(3-4-16(12)17(22)9-13)26-15(10-25-20(26)28)7-11-2-1-5-24-18(11)19(23)27/h1-2,5-6,9-10,14H,3-4,7-8H2,(H2,23,27)(H,25,28).